The second-order valence-corrected chi connectivity index (χ2v) is 7.86. The van der Waals surface area contributed by atoms with E-state index in [2.05, 4.69) is 0 Å². The van der Waals surface area contributed by atoms with Gasteiger partial charge in [-0.1, -0.05) is 31.2 Å². The topological polar surface area (TPSA) is 88.1 Å². The van der Waals surface area contributed by atoms with Crippen LogP contribution in [0.4, 0.5) is 0 Å². The fourth-order valence-corrected chi connectivity index (χ4v) is 4.11. The van der Waals surface area contributed by atoms with Gasteiger partial charge in [0, 0.05) is 17.9 Å². The van der Waals surface area contributed by atoms with E-state index in [1.807, 2.05) is 55.5 Å². The van der Waals surface area contributed by atoms with E-state index in [-0.39, 0.29) is 5.91 Å². The number of nitrogens with one attached hydrogen (secondary N) is 1. The summed E-state index contributed by atoms with van der Waals surface area (Å²) in [5.74, 6) is 0.774. The molecule has 0 aliphatic carbocycles. The van der Waals surface area contributed by atoms with Crippen LogP contribution in [-0.2, 0) is 16.0 Å². The number of thioether (sulfide) groups is 1. The highest BCUT2D eigenvalue weighted by molar-refractivity contribution is 7.99. The number of hydroxylamine groups is 1. The van der Waals surface area contributed by atoms with Crippen molar-refractivity contribution in [2.24, 2.45) is 0 Å². The molecule has 3 rings (SSSR count). The number of carbonyl (C=O) groups excluding carboxylic acids is 2. The zero-order valence-electron chi connectivity index (χ0n) is 16.9. The zero-order valence-corrected chi connectivity index (χ0v) is 17.7. The predicted octanol–water partition coefficient (Wildman–Crippen LogP) is 3.11. The van der Waals surface area contributed by atoms with Crippen LogP contribution in [0.1, 0.15) is 29.3 Å². The van der Waals surface area contributed by atoms with Crippen LogP contribution in [-0.4, -0.2) is 53.7 Å². The summed E-state index contributed by atoms with van der Waals surface area (Å²) < 4.78 is 11.3. The van der Waals surface area contributed by atoms with Gasteiger partial charge in [0.1, 0.15) is 18.5 Å². The first-order chi connectivity index (χ1) is 14.6. The first-order valence-electron chi connectivity index (χ1n) is 9.90. The Morgan fingerprint density at radius 1 is 1.20 bits per heavy atom. The predicted molar refractivity (Wildman–Crippen MR) is 114 cm³/mol. The maximum absolute atomic E-state index is 12.6. The van der Waals surface area contributed by atoms with Gasteiger partial charge in [-0.3, -0.25) is 14.8 Å². The van der Waals surface area contributed by atoms with Crippen molar-refractivity contribution < 1.29 is 24.3 Å². The minimum Gasteiger partial charge on any atom is -0.492 e. The number of fused-ring (bicyclic) bond motifs is 1. The van der Waals surface area contributed by atoms with E-state index >= 15 is 0 Å². The second kappa shape index (κ2) is 11.0. The lowest BCUT2D eigenvalue weighted by molar-refractivity contribution is -0.141. The first kappa shape index (κ1) is 22.1. The van der Waals surface area contributed by atoms with Gasteiger partial charge in [0.2, 0.25) is 0 Å². The highest BCUT2D eigenvalue weighted by Crippen LogP contribution is 2.29. The van der Waals surface area contributed by atoms with Crippen molar-refractivity contribution in [1.29, 1.82) is 0 Å². The fourth-order valence-electron chi connectivity index (χ4n) is 3.08. The Morgan fingerprint density at radius 2 is 1.97 bits per heavy atom. The van der Waals surface area contributed by atoms with Gasteiger partial charge >= 0.3 is 0 Å². The Hall–Kier alpha value is -2.55. The fraction of sp³-hybridized carbons (Fsp3) is 0.364. The van der Waals surface area contributed by atoms with Crippen LogP contribution < -0.4 is 10.2 Å². The van der Waals surface area contributed by atoms with Gasteiger partial charge < -0.3 is 14.4 Å². The Morgan fingerprint density at radius 3 is 2.70 bits per heavy atom. The number of rotatable bonds is 10. The van der Waals surface area contributed by atoms with Gasteiger partial charge in [0.15, 0.2) is 0 Å². The SMILES string of the molecule is CCCOC(Cc1ccc(OCCN2CSc3ccccc3C2=O)cc1)C(=O)NO. The lowest BCUT2D eigenvalue weighted by Gasteiger charge is -2.27. The molecule has 7 nitrogen and oxygen atoms in total. The first-order valence-corrected chi connectivity index (χ1v) is 10.9. The highest BCUT2D eigenvalue weighted by atomic mass is 32.2. The maximum atomic E-state index is 12.6. The van der Waals surface area contributed by atoms with Crippen molar-refractivity contribution >= 4 is 23.6 Å². The third kappa shape index (κ3) is 5.75. The molecular formula is C22H26N2O5S. The molecule has 0 saturated heterocycles. The molecule has 1 aliphatic heterocycles. The van der Waals surface area contributed by atoms with Gasteiger partial charge in [-0.05, 0) is 36.2 Å². The molecule has 2 aromatic rings. The van der Waals surface area contributed by atoms with Crippen molar-refractivity contribution in [3.63, 3.8) is 0 Å². The van der Waals surface area contributed by atoms with E-state index in [0.29, 0.717) is 37.8 Å². The summed E-state index contributed by atoms with van der Waals surface area (Å²) in [6.45, 7) is 3.29. The smallest absolute Gasteiger partial charge is 0.272 e. The molecule has 1 atom stereocenters. The molecule has 0 radical (unpaired) electrons. The standard InChI is InChI=1S/C22H26N2O5S/c1-2-12-29-19(21(25)23-27)14-16-7-9-17(10-8-16)28-13-11-24-15-30-20-6-4-3-5-18(20)22(24)26/h3-10,19,27H,2,11-15H2,1H3,(H,23,25). The Labute approximate surface area is 180 Å². The summed E-state index contributed by atoms with van der Waals surface area (Å²) in [5, 5.41) is 8.88. The molecule has 2 amide bonds. The molecule has 2 N–H and O–H groups in total. The molecule has 1 aliphatic rings. The summed E-state index contributed by atoms with van der Waals surface area (Å²) in [6.07, 6.45) is 0.393. The van der Waals surface area contributed by atoms with Crippen LogP contribution in [0.25, 0.3) is 0 Å². The van der Waals surface area contributed by atoms with E-state index in [0.717, 1.165) is 22.4 Å². The van der Waals surface area contributed by atoms with Crippen LogP contribution in [0.3, 0.4) is 0 Å². The van der Waals surface area contributed by atoms with Crippen molar-refractivity contribution in [2.75, 3.05) is 25.6 Å². The number of amides is 2. The quantitative estimate of drug-likeness (QED) is 0.445. The van der Waals surface area contributed by atoms with E-state index in [1.54, 1.807) is 22.1 Å². The monoisotopic (exact) mass is 430 g/mol. The van der Waals surface area contributed by atoms with E-state index < -0.39 is 12.0 Å². The molecule has 160 valence electrons. The van der Waals surface area contributed by atoms with Crippen molar-refractivity contribution in [1.82, 2.24) is 10.4 Å². The minimum absolute atomic E-state index is 0.0311. The lowest BCUT2D eigenvalue weighted by Crippen LogP contribution is -2.37. The van der Waals surface area contributed by atoms with Crippen LogP contribution in [0.15, 0.2) is 53.4 Å². The molecule has 0 aromatic heterocycles. The van der Waals surface area contributed by atoms with Crippen LogP contribution in [0.2, 0.25) is 0 Å². The summed E-state index contributed by atoms with van der Waals surface area (Å²) >= 11 is 1.65. The average molecular weight is 431 g/mol. The van der Waals surface area contributed by atoms with Crippen molar-refractivity contribution in [2.45, 2.75) is 30.8 Å². The largest absolute Gasteiger partial charge is 0.492 e. The molecule has 2 aromatic carbocycles. The molecule has 1 heterocycles. The molecular weight excluding hydrogens is 404 g/mol. The number of ether oxygens (including phenoxy) is 2. The maximum Gasteiger partial charge on any atom is 0.272 e. The summed E-state index contributed by atoms with van der Waals surface area (Å²) in [5.41, 5.74) is 3.29. The second-order valence-electron chi connectivity index (χ2n) is 6.87. The van der Waals surface area contributed by atoms with Gasteiger partial charge in [0.05, 0.1) is 18.0 Å². The molecule has 8 heteroatoms. The Balaban J connectivity index is 1.49. The normalized spacial score (nSPS) is 14.2. The van der Waals surface area contributed by atoms with Crippen molar-refractivity contribution in [3.8, 4) is 5.75 Å². The van der Waals surface area contributed by atoms with Crippen molar-refractivity contribution in [3.05, 3.63) is 59.7 Å². The molecule has 30 heavy (non-hydrogen) atoms. The van der Waals surface area contributed by atoms with Gasteiger partial charge in [-0.2, -0.15) is 0 Å². The van der Waals surface area contributed by atoms with Crippen LogP contribution in [0.5, 0.6) is 5.75 Å². The van der Waals surface area contributed by atoms with E-state index in [9.17, 15) is 9.59 Å². The van der Waals surface area contributed by atoms with E-state index in [1.165, 1.54) is 0 Å². The average Bonchev–Trinajstić information content (AvgIpc) is 2.78. The van der Waals surface area contributed by atoms with Gasteiger partial charge in [0.25, 0.3) is 11.8 Å². The van der Waals surface area contributed by atoms with Gasteiger partial charge in [-0.15, -0.1) is 11.8 Å². The van der Waals surface area contributed by atoms with Gasteiger partial charge in [-0.25, -0.2) is 5.48 Å². The molecule has 0 saturated carbocycles. The number of nitrogens with zero attached hydrogens (tertiary/aromatic N) is 1. The van der Waals surface area contributed by atoms with Crippen LogP contribution >= 0.6 is 11.8 Å². The zero-order chi connectivity index (χ0) is 21.3. The molecule has 0 fully saturated rings. The lowest BCUT2D eigenvalue weighted by atomic mass is 10.1. The third-order valence-corrected chi connectivity index (χ3v) is 5.79. The molecule has 0 bridgehead atoms. The third-order valence-electron chi connectivity index (χ3n) is 4.68. The molecule has 1 unspecified atom stereocenters. The Bertz CT molecular complexity index is 859. The summed E-state index contributed by atoms with van der Waals surface area (Å²) in [6, 6.07) is 15.0. The number of benzene rings is 2. The Kier molecular flexibility index (Phi) is 8.12. The number of carbonyl (C=O) groups is 2. The minimum atomic E-state index is -0.743. The van der Waals surface area contributed by atoms with Crippen LogP contribution in [0, 0.1) is 0 Å². The van der Waals surface area contributed by atoms with E-state index in [4.69, 9.17) is 14.7 Å². The number of hydrogen-bond acceptors (Lipinski definition) is 6. The summed E-state index contributed by atoms with van der Waals surface area (Å²) in [7, 11) is 0. The highest BCUT2D eigenvalue weighted by Gasteiger charge is 2.24. The summed E-state index contributed by atoms with van der Waals surface area (Å²) in [4.78, 5) is 27.1. The molecule has 0 spiro atoms. The number of hydrogen-bond donors (Lipinski definition) is 2.